The van der Waals surface area contributed by atoms with Crippen molar-refractivity contribution in [3.63, 3.8) is 0 Å². The number of nitrogens with one attached hydrogen (secondary N) is 1. The highest BCUT2D eigenvalue weighted by Gasteiger charge is 2.00. The van der Waals surface area contributed by atoms with E-state index in [1.54, 1.807) is 5.32 Å². The standard InChI is InChI=1S/C4H6O4.C2H5N3O2/c5-3(6)1-2-4(7)8;3-1(6)5-2(4)7/h1-2H2,(H,5,6)(H,7,8);(H5,3,4,5,6,7). The molecule has 7 N–H and O–H groups in total. The van der Waals surface area contributed by atoms with Gasteiger partial charge >= 0.3 is 24.0 Å². The first kappa shape index (κ1) is 15.2. The fourth-order valence-electron chi connectivity index (χ4n) is 0.335. The number of carbonyl (C=O) groups excluding carboxylic acids is 2. The zero-order valence-corrected chi connectivity index (χ0v) is 7.60. The Morgan fingerprint density at radius 2 is 1.13 bits per heavy atom. The van der Waals surface area contributed by atoms with Crippen molar-refractivity contribution in [1.82, 2.24) is 5.32 Å². The van der Waals surface area contributed by atoms with Gasteiger partial charge < -0.3 is 21.7 Å². The third-order valence-electron chi connectivity index (χ3n) is 0.799. The third kappa shape index (κ3) is 24.5. The number of hydrogen-bond donors (Lipinski definition) is 5. The molecule has 0 aromatic heterocycles. The first-order chi connectivity index (χ1) is 6.75. The van der Waals surface area contributed by atoms with Gasteiger partial charge in [0, 0.05) is 0 Å². The van der Waals surface area contributed by atoms with Crippen molar-refractivity contribution in [2.24, 2.45) is 11.5 Å². The number of carboxylic acid groups (broad SMARTS) is 2. The van der Waals surface area contributed by atoms with E-state index in [0.29, 0.717) is 0 Å². The lowest BCUT2D eigenvalue weighted by Crippen LogP contribution is -2.38. The Balaban J connectivity index is 0. The zero-order valence-electron chi connectivity index (χ0n) is 7.60. The van der Waals surface area contributed by atoms with E-state index in [1.807, 2.05) is 0 Å². The topological polar surface area (TPSA) is 173 Å². The Morgan fingerprint density at radius 3 is 1.20 bits per heavy atom. The Hall–Kier alpha value is -2.32. The second-order valence-corrected chi connectivity index (χ2v) is 2.14. The van der Waals surface area contributed by atoms with Gasteiger partial charge in [0.15, 0.2) is 0 Å². The highest BCUT2D eigenvalue weighted by Crippen LogP contribution is 1.86. The van der Waals surface area contributed by atoms with Crippen LogP contribution in [-0.4, -0.2) is 34.2 Å². The Morgan fingerprint density at radius 1 is 0.867 bits per heavy atom. The molecule has 0 unspecified atom stereocenters. The molecule has 0 saturated carbocycles. The lowest BCUT2D eigenvalue weighted by molar-refractivity contribution is -0.143. The van der Waals surface area contributed by atoms with Crippen molar-refractivity contribution < 1.29 is 29.4 Å². The van der Waals surface area contributed by atoms with Crippen LogP contribution >= 0.6 is 0 Å². The monoisotopic (exact) mass is 221 g/mol. The molecule has 0 aliphatic heterocycles. The van der Waals surface area contributed by atoms with Gasteiger partial charge in [-0.25, -0.2) is 9.59 Å². The number of carboxylic acids is 2. The molecule has 9 heteroatoms. The highest BCUT2D eigenvalue weighted by atomic mass is 16.4. The molecule has 0 spiro atoms. The number of nitrogens with two attached hydrogens (primary N) is 2. The number of carbonyl (C=O) groups is 4. The number of primary amides is 2. The first-order valence-corrected chi connectivity index (χ1v) is 3.55. The van der Waals surface area contributed by atoms with E-state index in [2.05, 4.69) is 11.5 Å². The van der Waals surface area contributed by atoms with E-state index < -0.39 is 24.0 Å². The molecule has 9 nitrogen and oxygen atoms in total. The lowest BCUT2D eigenvalue weighted by Gasteiger charge is -1.88. The van der Waals surface area contributed by atoms with Crippen LogP contribution in [0.5, 0.6) is 0 Å². The molecule has 0 bridgehead atoms. The average molecular weight is 221 g/mol. The van der Waals surface area contributed by atoms with Gasteiger partial charge in [-0.2, -0.15) is 0 Å². The predicted octanol–water partition coefficient (Wildman–Crippen LogP) is -1.33. The van der Waals surface area contributed by atoms with E-state index in [4.69, 9.17) is 10.2 Å². The smallest absolute Gasteiger partial charge is 0.320 e. The van der Waals surface area contributed by atoms with Crippen LogP contribution in [0.4, 0.5) is 9.59 Å². The Labute approximate surface area is 84.0 Å². The molecule has 0 aliphatic rings. The molecule has 4 amide bonds. The quantitative estimate of drug-likeness (QED) is 0.394. The summed E-state index contributed by atoms with van der Waals surface area (Å²) in [5.74, 6) is -2.15. The van der Waals surface area contributed by atoms with E-state index >= 15 is 0 Å². The lowest BCUT2D eigenvalue weighted by atomic mass is 10.3. The Kier molecular flexibility index (Phi) is 8.38. The molecule has 0 rings (SSSR count). The van der Waals surface area contributed by atoms with Crippen molar-refractivity contribution in [2.45, 2.75) is 12.8 Å². The second kappa shape index (κ2) is 8.29. The average Bonchev–Trinajstić information content (AvgIpc) is 1.99. The second-order valence-electron chi connectivity index (χ2n) is 2.14. The first-order valence-electron chi connectivity index (χ1n) is 3.55. The van der Waals surface area contributed by atoms with Crippen LogP contribution in [0.3, 0.4) is 0 Å². The number of amides is 4. The number of hydrogen-bond acceptors (Lipinski definition) is 4. The van der Waals surface area contributed by atoms with Crippen LogP contribution in [0, 0.1) is 0 Å². The molecule has 86 valence electrons. The van der Waals surface area contributed by atoms with Gasteiger partial charge in [0.25, 0.3) is 0 Å². The summed E-state index contributed by atoms with van der Waals surface area (Å²) in [6.07, 6.45) is -0.593. The van der Waals surface area contributed by atoms with Gasteiger partial charge in [-0.3, -0.25) is 14.9 Å². The highest BCUT2D eigenvalue weighted by molar-refractivity contribution is 5.91. The summed E-state index contributed by atoms with van der Waals surface area (Å²) >= 11 is 0. The molecular formula is C6H11N3O6. The van der Waals surface area contributed by atoms with Gasteiger partial charge in [0.2, 0.25) is 0 Å². The fraction of sp³-hybridized carbons (Fsp3) is 0.333. The van der Waals surface area contributed by atoms with Crippen LogP contribution in [0.15, 0.2) is 0 Å². The number of imide groups is 1. The van der Waals surface area contributed by atoms with Crippen LogP contribution in [-0.2, 0) is 9.59 Å². The number of urea groups is 2. The van der Waals surface area contributed by atoms with Crippen molar-refractivity contribution in [1.29, 1.82) is 0 Å². The molecule has 0 saturated heterocycles. The molecule has 0 aliphatic carbocycles. The van der Waals surface area contributed by atoms with Gasteiger partial charge in [-0.1, -0.05) is 0 Å². The summed E-state index contributed by atoms with van der Waals surface area (Å²) < 4.78 is 0. The van der Waals surface area contributed by atoms with Crippen molar-refractivity contribution in [3.8, 4) is 0 Å². The number of aliphatic carboxylic acids is 2. The van der Waals surface area contributed by atoms with Gasteiger partial charge in [-0.15, -0.1) is 0 Å². The molecule has 15 heavy (non-hydrogen) atoms. The minimum atomic E-state index is -1.08. The summed E-state index contributed by atoms with van der Waals surface area (Å²) in [5.41, 5.74) is 8.88. The van der Waals surface area contributed by atoms with Gasteiger partial charge in [0.05, 0.1) is 12.8 Å². The summed E-state index contributed by atoms with van der Waals surface area (Å²) in [4.78, 5) is 38.5. The molecule has 0 aromatic rings. The fourth-order valence-corrected chi connectivity index (χ4v) is 0.335. The minimum Gasteiger partial charge on any atom is -0.481 e. The molecule has 0 fully saturated rings. The number of rotatable bonds is 3. The summed E-state index contributed by atoms with van der Waals surface area (Å²) in [7, 11) is 0. The summed E-state index contributed by atoms with van der Waals surface area (Å²) in [6.45, 7) is 0. The van der Waals surface area contributed by atoms with Crippen LogP contribution in [0.2, 0.25) is 0 Å². The maximum atomic E-state index is 9.64. The molecule has 0 radical (unpaired) electrons. The Bertz CT molecular complexity index is 238. The van der Waals surface area contributed by atoms with Gasteiger partial charge in [-0.05, 0) is 0 Å². The largest absolute Gasteiger partial charge is 0.481 e. The predicted molar refractivity (Wildman–Crippen MR) is 46.8 cm³/mol. The van der Waals surface area contributed by atoms with Crippen LogP contribution in [0.1, 0.15) is 12.8 Å². The van der Waals surface area contributed by atoms with Crippen molar-refractivity contribution in [3.05, 3.63) is 0 Å². The maximum absolute atomic E-state index is 9.64. The zero-order chi connectivity index (χ0) is 12.4. The SMILES string of the molecule is NC(=O)NC(N)=O.O=C(O)CCC(=O)O. The van der Waals surface area contributed by atoms with Crippen LogP contribution < -0.4 is 16.8 Å². The van der Waals surface area contributed by atoms with Crippen molar-refractivity contribution >= 4 is 24.0 Å². The minimum absolute atomic E-state index is 0.296. The van der Waals surface area contributed by atoms with E-state index in [0.717, 1.165) is 0 Å². The molecule has 0 aromatic carbocycles. The normalized spacial score (nSPS) is 8.00. The van der Waals surface area contributed by atoms with Crippen molar-refractivity contribution in [2.75, 3.05) is 0 Å². The molecule has 0 heterocycles. The van der Waals surface area contributed by atoms with Crippen LogP contribution in [0.25, 0.3) is 0 Å². The van der Waals surface area contributed by atoms with E-state index in [-0.39, 0.29) is 12.8 Å². The summed E-state index contributed by atoms with van der Waals surface area (Å²) in [6, 6.07) is -1.88. The third-order valence-corrected chi connectivity index (χ3v) is 0.799. The molecule has 0 atom stereocenters. The van der Waals surface area contributed by atoms with E-state index in [1.165, 1.54) is 0 Å². The molecular weight excluding hydrogens is 210 g/mol. The van der Waals surface area contributed by atoms with Gasteiger partial charge in [0.1, 0.15) is 0 Å². The summed E-state index contributed by atoms with van der Waals surface area (Å²) in [5, 5.41) is 17.4. The maximum Gasteiger partial charge on any atom is 0.320 e. The van der Waals surface area contributed by atoms with E-state index in [9.17, 15) is 19.2 Å².